The summed E-state index contributed by atoms with van der Waals surface area (Å²) in [4.78, 5) is 2.59. The van der Waals surface area contributed by atoms with Crippen LogP contribution in [0.3, 0.4) is 0 Å². The first-order valence-electron chi connectivity index (χ1n) is 9.66. The molecule has 2 N–H and O–H groups in total. The van der Waals surface area contributed by atoms with E-state index in [0.717, 1.165) is 18.8 Å². The zero-order valence-electron chi connectivity index (χ0n) is 15.8. The van der Waals surface area contributed by atoms with Crippen molar-refractivity contribution in [3.05, 3.63) is 65.7 Å². The molecular weight excluding hydrogens is 306 g/mol. The van der Waals surface area contributed by atoms with Crippen LogP contribution in [0.25, 0.3) is 0 Å². The molecule has 3 nitrogen and oxygen atoms in total. The summed E-state index contributed by atoms with van der Waals surface area (Å²) in [6, 6.07) is 19.2. The van der Waals surface area contributed by atoms with Gasteiger partial charge in [-0.2, -0.15) is 0 Å². The van der Waals surface area contributed by atoms with Gasteiger partial charge >= 0.3 is 0 Å². The van der Waals surface area contributed by atoms with Crippen molar-refractivity contribution in [2.24, 2.45) is 0 Å². The maximum atomic E-state index is 3.27. The monoisotopic (exact) mass is 339 g/mol. The molecule has 2 aromatic carbocycles. The number of nitrogens with one attached hydrogen (secondary N) is 2. The van der Waals surface area contributed by atoms with E-state index in [9.17, 15) is 0 Å². The van der Waals surface area contributed by atoms with E-state index in [2.05, 4.69) is 66.0 Å². The van der Waals surface area contributed by atoms with E-state index in [-0.39, 0.29) is 0 Å². The highest BCUT2D eigenvalue weighted by molar-refractivity contribution is 5.41. The predicted molar refractivity (Wildman–Crippen MR) is 108 cm³/mol. The maximum Gasteiger partial charge on any atom is 0.0487 e. The fourth-order valence-corrected chi connectivity index (χ4v) is 2.82. The first kappa shape index (κ1) is 19.5. The lowest BCUT2D eigenvalue weighted by atomic mass is 10.1. The largest absolute Gasteiger partial charge is 0.321 e. The summed E-state index contributed by atoms with van der Waals surface area (Å²) >= 11 is 0. The Labute approximate surface area is 153 Å². The van der Waals surface area contributed by atoms with Crippen molar-refractivity contribution >= 4 is 5.69 Å². The molecule has 0 radical (unpaired) electrons. The van der Waals surface area contributed by atoms with E-state index >= 15 is 0 Å². The minimum Gasteiger partial charge on any atom is -0.321 e. The number of hydrogen-bond donors (Lipinski definition) is 2. The topological polar surface area (TPSA) is 27.3 Å². The van der Waals surface area contributed by atoms with Crippen molar-refractivity contribution in [3.8, 4) is 0 Å². The third-order valence-corrected chi connectivity index (χ3v) is 4.38. The van der Waals surface area contributed by atoms with Crippen LogP contribution in [0.4, 0.5) is 5.69 Å². The van der Waals surface area contributed by atoms with Gasteiger partial charge in [0.1, 0.15) is 0 Å². The lowest BCUT2D eigenvalue weighted by molar-refractivity contribution is 0.257. The van der Waals surface area contributed by atoms with Crippen LogP contribution in [0.1, 0.15) is 50.7 Å². The SMILES string of the molecule is CCCCN(CCCC)Cc1ccc(CNNc2ccccc2)cc1. The van der Waals surface area contributed by atoms with Gasteiger partial charge in [0, 0.05) is 18.8 Å². The van der Waals surface area contributed by atoms with Gasteiger partial charge in [-0.1, -0.05) is 69.2 Å². The number of benzene rings is 2. The predicted octanol–water partition coefficient (Wildman–Crippen LogP) is 5.21. The highest BCUT2D eigenvalue weighted by atomic mass is 15.3. The van der Waals surface area contributed by atoms with E-state index in [0.29, 0.717) is 0 Å². The van der Waals surface area contributed by atoms with Gasteiger partial charge < -0.3 is 5.43 Å². The molecule has 0 heterocycles. The van der Waals surface area contributed by atoms with Crippen LogP contribution in [-0.4, -0.2) is 18.0 Å². The zero-order chi connectivity index (χ0) is 17.7. The molecule has 0 bridgehead atoms. The van der Waals surface area contributed by atoms with E-state index in [1.165, 1.54) is 49.9 Å². The molecular formula is C22H33N3. The second-order valence-corrected chi connectivity index (χ2v) is 6.64. The van der Waals surface area contributed by atoms with E-state index < -0.39 is 0 Å². The second-order valence-electron chi connectivity index (χ2n) is 6.64. The summed E-state index contributed by atoms with van der Waals surface area (Å²) in [6.45, 7) is 8.83. The van der Waals surface area contributed by atoms with Gasteiger partial charge in [0.2, 0.25) is 0 Å². The number of hydrogen-bond acceptors (Lipinski definition) is 3. The van der Waals surface area contributed by atoms with Crippen molar-refractivity contribution in [2.75, 3.05) is 18.5 Å². The van der Waals surface area contributed by atoms with Gasteiger partial charge in [-0.25, -0.2) is 5.43 Å². The molecule has 0 aromatic heterocycles. The fourth-order valence-electron chi connectivity index (χ4n) is 2.82. The Morgan fingerprint density at radius 1 is 0.760 bits per heavy atom. The van der Waals surface area contributed by atoms with Crippen molar-refractivity contribution in [1.82, 2.24) is 10.3 Å². The summed E-state index contributed by atoms with van der Waals surface area (Å²) in [7, 11) is 0. The van der Waals surface area contributed by atoms with E-state index in [1.807, 2.05) is 18.2 Å². The highest BCUT2D eigenvalue weighted by Crippen LogP contribution is 2.10. The van der Waals surface area contributed by atoms with Gasteiger partial charge in [0.15, 0.2) is 0 Å². The van der Waals surface area contributed by atoms with Crippen molar-refractivity contribution in [2.45, 2.75) is 52.6 Å². The molecule has 0 saturated heterocycles. The van der Waals surface area contributed by atoms with E-state index in [4.69, 9.17) is 0 Å². The first-order chi connectivity index (χ1) is 12.3. The molecule has 0 unspecified atom stereocenters. The van der Waals surface area contributed by atoms with Crippen LogP contribution >= 0.6 is 0 Å². The third kappa shape index (κ3) is 7.72. The van der Waals surface area contributed by atoms with Crippen LogP contribution in [0.2, 0.25) is 0 Å². The molecule has 2 rings (SSSR count). The summed E-state index contributed by atoms with van der Waals surface area (Å²) in [5.74, 6) is 0. The number of anilines is 1. The van der Waals surface area contributed by atoms with Gasteiger partial charge in [0.25, 0.3) is 0 Å². The number of rotatable bonds is 12. The Balaban J connectivity index is 1.79. The summed E-state index contributed by atoms with van der Waals surface area (Å²) in [5.41, 5.74) is 10.3. The van der Waals surface area contributed by atoms with Gasteiger partial charge in [-0.3, -0.25) is 4.90 Å². The average molecular weight is 340 g/mol. The Kier molecular flexibility index (Phi) is 9.09. The molecule has 0 fully saturated rings. The van der Waals surface area contributed by atoms with Crippen molar-refractivity contribution in [3.63, 3.8) is 0 Å². The lowest BCUT2D eigenvalue weighted by Gasteiger charge is -2.22. The van der Waals surface area contributed by atoms with Crippen LogP contribution in [-0.2, 0) is 13.1 Å². The van der Waals surface area contributed by atoms with Gasteiger partial charge in [-0.15, -0.1) is 0 Å². The number of unbranched alkanes of at least 4 members (excludes halogenated alkanes) is 2. The molecule has 25 heavy (non-hydrogen) atoms. The average Bonchev–Trinajstić information content (AvgIpc) is 2.66. The summed E-state index contributed by atoms with van der Waals surface area (Å²) in [5, 5.41) is 0. The van der Waals surface area contributed by atoms with Gasteiger partial charge in [-0.05, 0) is 49.2 Å². The van der Waals surface area contributed by atoms with Gasteiger partial charge in [0.05, 0.1) is 0 Å². The molecule has 136 valence electrons. The molecule has 0 spiro atoms. The minimum absolute atomic E-state index is 0.810. The summed E-state index contributed by atoms with van der Waals surface area (Å²) < 4.78 is 0. The Bertz CT molecular complexity index is 558. The number of para-hydroxylation sites is 1. The molecule has 0 atom stereocenters. The Morgan fingerprint density at radius 2 is 1.36 bits per heavy atom. The molecule has 0 aliphatic heterocycles. The van der Waals surface area contributed by atoms with Crippen molar-refractivity contribution < 1.29 is 0 Å². The molecule has 3 heteroatoms. The van der Waals surface area contributed by atoms with Crippen LogP contribution in [0, 0.1) is 0 Å². The Morgan fingerprint density at radius 3 is 1.96 bits per heavy atom. The highest BCUT2D eigenvalue weighted by Gasteiger charge is 2.05. The smallest absolute Gasteiger partial charge is 0.0487 e. The second kappa shape index (κ2) is 11.7. The minimum atomic E-state index is 0.810. The Hall–Kier alpha value is -1.84. The molecule has 0 aliphatic carbocycles. The lowest BCUT2D eigenvalue weighted by Crippen LogP contribution is -2.25. The number of hydrazine groups is 1. The maximum absolute atomic E-state index is 3.27. The third-order valence-electron chi connectivity index (χ3n) is 4.38. The molecule has 2 aromatic rings. The first-order valence-corrected chi connectivity index (χ1v) is 9.66. The molecule has 0 saturated carbocycles. The normalized spacial score (nSPS) is 11.0. The quantitative estimate of drug-likeness (QED) is 0.520. The van der Waals surface area contributed by atoms with Crippen LogP contribution in [0.5, 0.6) is 0 Å². The summed E-state index contributed by atoms with van der Waals surface area (Å²) in [6.07, 6.45) is 5.11. The van der Waals surface area contributed by atoms with Crippen LogP contribution in [0.15, 0.2) is 54.6 Å². The van der Waals surface area contributed by atoms with E-state index in [1.54, 1.807) is 0 Å². The van der Waals surface area contributed by atoms with Crippen molar-refractivity contribution in [1.29, 1.82) is 0 Å². The fraction of sp³-hybridized carbons (Fsp3) is 0.455. The standard InChI is InChI=1S/C22H33N3/c1-3-5-16-25(17-6-4-2)19-21-14-12-20(13-15-21)18-23-24-22-10-8-7-9-11-22/h7-15,23-24H,3-6,16-19H2,1-2H3. The van der Waals surface area contributed by atoms with Crippen LogP contribution < -0.4 is 10.9 Å². The molecule has 0 amide bonds. The zero-order valence-corrected chi connectivity index (χ0v) is 15.8. The number of nitrogens with zero attached hydrogens (tertiary/aromatic N) is 1. The molecule has 0 aliphatic rings.